The van der Waals surface area contributed by atoms with Crippen LogP contribution in [-0.2, 0) is 26.1 Å². The first-order valence-corrected chi connectivity index (χ1v) is 9.34. The number of hydrogen-bond donors (Lipinski definition) is 1. The van der Waals surface area contributed by atoms with Crippen LogP contribution in [0.5, 0.6) is 0 Å². The van der Waals surface area contributed by atoms with Gasteiger partial charge < -0.3 is 14.6 Å². The monoisotopic (exact) mass is 364 g/mol. The summed E-state index contributed by atoms with van der Waals surface area (Å²) in [6.07, 6.45) is 4.94. The van der Waals surface area contributed by atoms with Crippen molar-refractivity contribution in [2.24, 2.45) is 0 Å². The van der Waals surface area contributed by atoms with E-state index in [1.807, 2.05) is 10.8 Å². The largest absolute Gasteiger partial charge is 0.374 e. The Kier molecular flexibility index (Phi) is 5.16. The van der Waals surface area contributed by atoms with Gasteiger partial charge in [-0.15, -0.1) is 0 Å². The van der Waals surface area contributed by atoms with Gasteiger partial charge in [-0.2, -0.15) is 4.31 Å². The summed E-state index contributed by atoms with van der Waals surface area (Å²) in [5.74, 6) is -0.203. The number of aromatic nitrogens is 2. The molecule has 9 heteroatoms. The number of benzene rings is 1. The Labute approximate surface area is 146 Å². The molecule has 1 aromatic carbocycles. The van der Waals surface area contributed by atoms with Crippen molar-refractivity contribution < 1.29 is 17.9 Å². The number of rotatable bonds is 5. The lowest BCUT2D eigenvalue weighted by atomic mass is 10.3. The summed E-state index contributed by atoms with van der Waals surface area (Å²) >= 11 is 0. The Morgan fingerprint density at radius 3 is 2.76 bits per heavy atom. The van der Waals surface area contributed by atoms with Crippen LogP contribution in [0.2, 0.25) is 0 Å². The summed E-state index contributed by atoms with van der Waals surface area (Å²) in [7, 11) is -3.60. The quantitative estimate of drug-likeness (QED) is 0.852. The molecule has 0 aliphatic carbocycles. The van der Waals surface area contributed by atoms with Crippen LogP contribution in [0.15, 0.2) is 47.9 Å². The van der Waals surface area contributed by atoms with Crippen molar-refractivity contribution in [2.45, 2.75) is 24.5 Å². The Morgan fingerprint density at radius 1 is 1.36 bits per heavy atom. The van der Waals surface area contributed by atoms with E-state index in [0.29, 0.717) is 25.4 Å². The van der Waals surface area contributed by atoms with Crippen LogP contribution in [0.1, 0.15) is 6.92 Å². The number of amides is 1. The summed E-state index contributed by atoms with van der Waals surface area (Å²) in [6.45, 7) is 2.90. The fourth-order valence-corrected chi connectivity index (χ4v) is 4.17. The maximum atomic E-state index is 12.8. The number of ether oxygens (including phenoxy) is 1. The van der Waals surface area contributed by atoms with Gasteiger partial charge in [-0.05, 0) is 24.3 Å². The number of nitrogens with zero attached hydrogens (tertiary/aromatic N) is 3. The number of imidazole rings is 1. The molecular formula is C16H20N4O4S. The zero-order valence-corrected chi connectivity index (χ0v) is 14.6. The first kappa shape index (κ1) is 17.6. The van der Waals surface area contributed by atoms with Crippen molar-refractivity contribution in [3.05, 3.63) is 43.0 Å². The lowest BCUT2D eigenvalue weighted by Crippen LogP contribution is -2.46. The van der Waals surface area contributed by atoms with Crippen LogP contribution in [-0.4, -0.2) is 54.0 Å². The van der Waals surface area contributed by atoms with Crippen molar-refractivity contribution in [1.82, 2.24) is 13.9 Å². The number of carbonyl (C=O) groups is 1. The summed E-state index contributed by atoms with van der Waals surface area (Å²) in [4.78, 5) is 15.2. The van der Waals surface area contributed by atoms with Crippen LogP contribution in [0.3, 0.4) is 0 Å². The van der Waals surface area contributed by atoms with E-state index in [1.165, 1.54) is 23.4 Å². The third kappa shape index (κ3) is 4.25. The van der Waals surface area contributed by atoms with Gasteiger partial charge in [0.2, 0.25) is 15.9 Å². The number of sulfonamides is 1. The Balaban J connectivity index is 1.71. The van der Waals surface area contributed by atoms with Gasteiger partial charge >= 0.3 is 0 Å². The van der Waals surface area contributed by atoms with Crippen LogP contribution >= 0.6 is 0 Å². The molecule has 25 heavy (non-hydrogen) atoms. The molecule has 0 radical (unpaired) electrons. The Hall–Kier alpha value is -2.23. The maximum Gasteiger partial charge on any atom is 0.243 e. The summed E-state index contributed by atoms with van der Waals surface area (Å²) < 4.78 is 34.6. The highest BCUT2D eigenvalue weighted by Gasteiger charge is 2.30. The molecule has 2 aromatic rings. The van der Waals surface area contributed by atoms with Gasteiger partial charge in [0.05, 0.1) is 30.5 Å². The van der Waals surface area contributed by atoms with Crippen molar-refractivity contribution in [3.63, 3.8) is 0 Å². The summed E-state index contributed by atoms with van der Waals surface area (Å²) in [6, 6.07) is 6.16. The molecule has 0 saturated carbocycles. The van der Waals surface area contributed by atoms with Gasteiger partial charge in [0.15, 0.2) is 0 Å². The van der Waals surface area contributed by atoms with E-state index in [2.05, 4.69) is 10.3 Å². The molecule has 0 unspecified atom stereocenters. The minimum Gasteiger partial charge on any atom is -0.374 e. The first-order valence-electron chi connectivity index (χ1n) is 7.90. The van der Waals surface area contributed by atoms with E-state index in [4.69, 9.17) is 4.74 Å². The minimum atomic E-state index is -3.60. The van der Waals surface area contributed by atoms with Gasteiger partial charge in [0, 0.05) is 38.1 Å². The third-order valence-corrected chi connectivity index (χ3v) is 5.77. The molecule has 1 aromatic heterocycles. The molecule has 1 fully saturated rings. The number of morpholine rings is 1. The lowest BCUT2D eigenvalue weighted by molar-refractivity contribution is -0.114. The van der Waals surface area contributed by atoms with E-state index in [-0.39, 0.29) is 23.5 Å². The van der Waals surface area contributed by atoms with Gasteiger partial charge in [-0.25, -0.2) is 13.4 Å². The molecule has 8 nitrogen and oxygen atoms in total. The SMILES string of the molecule is CC(=O)Nc1ccc(S(=O)(=O)N2CCO[C@@H](Cn3ccnc3)C2)cc1. The molecule has 1 saturated heterocycles. The normalized spacial score (nSPS) is 18.8. The Bertz CT molecular complexity index is 818. The average Bonchev–Trinajstić information content (AvgIpc) is 3.08. The zero-order valence-electron chi connectivity index (χ0n) is 13.8. The second kappa shape index (κ2) is 7.34. The number of nitrogens with one attached hydrogen (secondary N) is 1. The second-order valence-corrected chi connectivity index (χ2v) is 7.76. The molecule has 1 amide bonds. The second-order valence-electron chi connectivity index (χ2n) is 5.82. The highest BCUT2D eigenvalue weighted by Crippen LogP contribution is 2.21. The van der Waals surface area contributed by atoms with Crippen LogP contribution < -0.4 is 5.32 Å². The standard InChI is InChI=1S/C16H20N4O4S/c1-13(21)18-14-2-4-16(5-3-14)25(22,23)20-8-9-24-15(11-20)10-19-7-6-17-12-19/h2-7,12,15H,8-11H2,1H3,(H,18,21)/t15-/m0/s1. The number of anilines is 1. The summed E-state index contributed by atoms with van der Waals surface area (Å²) in [5, 5.41) is 2.62. The van der Waals surface area contributed by atoms with Gasteiger partial charge in [-0.1, -0.05) is 0 Å². The van der Waals surface area contributed by atoms with E-state index >= 15 is 0 Å². The molecule has 0 spiro atoms. The third-order valence-electron chi connectivity index (χ3n) is 3.89. The predicted molar refractivity (Wildman–Crippen MR) is 91.5 cm³/mol. The van der Waals surface area contributed by atoms with Crippen LogP contribution in [0, 0.1) is 0 Å². The van der Waals surface area contributed by atoms with E-state index in [9.17, 15) is 13.2 Å². The molecular weight excluding hydrogens is 344 g/mol. The fraction of sp³-hybridized carbons (Fsp3) is 0.375. The molecule has 1 atom stereocenters. The van der Waals surface area contributed by atoms with Crippen molar-refractivity contribution in [3.8, 4) is 0 Å². The molecule has 1 N–H and O–H groups in total. The molecule has 1 aliphatic heterocycles. The first-order chi connectivity index (χ1) is 11.9. The molecule has 0 bridgehead atoms. The van der Waals surface area contributed by atoms with Crippen molar-refractivity contribution >= 4 is 21.6 Å². The average molecular weight is 364 g/mol. The number of carbonyl (C=O) groups excluding carboxylic acids is 1. The molecule has 134 valence electrons. The maximum absolute atomic E-state index is 12.8. The molecule has 3 rings (SSSR count). The molecule has 2 heterocycles. The van der Waals surface area contributed by atoms with Crippen LogP contribution in [0.4, 0.5) is 5.69 Å². The van der Waals surface area contributed by atoms with Crippen LogP contribution in [0.25, 0.3) is 0 Å². The van der Waals surface area contributed by atoms with Gasteiger partial charge in [-0.3, -0.25) is 4.79 Å². The predicted octanol–water partition coefficient (Wildman–Crippen LogP) is 0.931. The topological polar surface area (TPSA) is 93.5 Å². The highest BCUT2D eigenvalue weighted by atomic mass is 32.2. The summed E-state index contributed by atoms with van der Waals surface area (Å²) in [5.41, 5.74) is 0.561. The van der Waals surface area contributed by atoms with E-state index in [0.717, 1.165) is 0 Å². The fourth-order valence-electron chi connectivity index (χ4n) is 2.71. The van der Waals surface area contributed by atoms with Crippen molar-refractivity contribution in [1.29, 1.82) is 0 Å². The minimum absolute atomic E-state index is 0.199. The zero-order chi connectivity index (χ0) is 17.9. The van der Waals surface area contributed by atoms with E-state index < -0.39 is 10.0 Å². The lowest BCUT2D eigenvalue weighted by Gasteiger charge is -2.32. The highest BCUT2D eigenvalue weighted by molar-refractivity contribution is 7.89. The smallest absolute Gasteiger partial charge is 0.243 e. The van der Waals surface area contributed by atoms with E-state index in [1.54, 1.807) is 24.7 Å². The van der Waals surface area contributed by atoms with Gasteiger partial charge in [0.25, 0.3) is 0 Å². The Morgan fingerprint density at radius 2 is 2.12 bits per heavy atom. The van der Waals surface area contributed by atoms with Gasteiger partial charge in [0.1, 0.15) is 0 Å². The number of hydrogen-bond acceptors (Lipinski definition) is 5. The molecule has 1 aliphatic rings. The van der Waals surface area contributed by atoms with Crippen molar-refractivity contribution in [2.75, 3.05) is 25.0 Å².